The zero-order valence-corrected chi connectivity index (χ0v) is 15.6. The monoisotopic (exact) mass is 365 g/mol. The van der Waals surface area contributed by atoms with Gasteiger partial charge in [0.15, 0.2) is 0 Å². The van der Waals surface area contributed by atoms with E-state index in [0.29, 0.717) is 38.3 Å². The maximum atomic E-state index is 12.7. The highest BCUT2D eigenvalue weighted by atomic mass is 32.2. The highest BCUT2D eigenvalue weighted by Gasteiger charge is 2.35. The minimum Gasteiger partial charge on any atom is -0.338 e. The molecule has 0 bridgehead atoms. The summed E-state index contributed by atoms with van der Waals surface area (Å²) < 4.78 is 26.9. The molecule has 138 valence electrons. The van der Waals surface area contributed by atoms with E-state index < -0.39 is 10.0 Å². The lowest BCUT2D eigenvalue weighted by Crippen LogP contribution is -2.35. The smallest absolute Gasteiger partial charge is 0.253 e. The summed E-state index contributed by atoms with van der Waals surface area (Å²) in [5.74, 6) is -0.0564. The van der Waals surface area contributed by atoms with Crippen LogP contribution in [0.5, 0.6) is 0 Å². The number of nitrogens with two attached hydrogens (primary N) is 1. The van der Waals surface area contributed by atoms with Gasteiger partial charge in [0, 0.05) is 31.7 Å². The Labute approximate surface area is 150 Å². The molecule has 2 heterocycles. The normalized spacial score (nSPS) is 25.3. The minimum absolute atomic E-state index is 0.0206. The van der Waals surface area contributed by atoms with E-state index in [4.69, 9.17) is 5.73 Å². The van der Waals surface area contributed by atoms with Gasteiger partial charge in [0.2, 0.25) is 10.0 Å². The largest absolute Gasteiger partial charge is 0.338 e. The summed E-state index contributed by atoms with van der Waals surface area (Å²) in [5.41, 5.74) is 6.30. The Morgan fingerprint density at radius 3 is 2.32 bits per heavy atom. The summed E-state index contributed by atoms with van der Waals surface area (Å²) >= 11 is 0. The number of piperidine rings is 1. The summed E-state index contributed by atoms with van der Waals surface area (Å²) in [5, 5.41) is 0. The Hall–Kier alpha value is -1.44. The number of hydrogen-bond donors (Lipinski definition) is 1. The van der Waals surface area contributed by atoms with Gasteiger partial charge in [-0.2, -0.15) is 4.31 Å². The topological polar surface area (TPSA) is 83.7 Å². The lowest BCUT2D eigenvalue weighted by atomic mass is 9.90. The molecule has 1 aromatic rings. The number of amides is 1. The zero-order valence-electron chi connectivity index (χ0n) is 14.8. The first-order chi connectivity index (χ1) is 11.9. The van der Waals surface area contributed by atoms with Crippen LogP contribution in [0.4, 0.5) is 0 Å². The fourth-order valence-electron chi connectivity index (χ4n) is 3.57. The van der Waals surface area contributed by atoms with Gasteiger partial charge in [0.1, 0.15) is 0 Å². The minimum atomic E-state index is -3.45. The van der Waals surface area contributed by atoms with Crippen LogP contribution in [0.3, 0.4) is 0 Å². The van der Waals surface area contributed by atoms with E-state index in [-0.39, 0.29) is 16.2 Å². The Balaban J connectivity index is 1.73. The van der Waals surface area contributed by atoms with Crippen molar-refractivity contribution in [1.29, 1.82) is 0 Å². The van der Waals surface area contributed by atoms with Crippen molar-refractivity contribution in [2.24, 2.45) is 11.1 Å². The third-order valence-corrected chi connectivity index (χ3v) is 7.30. The molecule has 0 spiro atoms. The maximum absolute atomic E-state index is 12.7. The number of carbonyl (C=O) groups is 1. The number of carbonyl (C=O) groups excluding carboxylic acids is 1. The van der Waals surface area contributed by atoms with Gasteiger partial charge in [0.05, 0.1) is 4.90 Å². The van der Waals surface area contributed by atoms with Crippen molar-refractivity contribution >= 4 is 15.9 Å². The number of rotatable bonds is 4. The molecule has 1 aromatic carbocycles. The van der Waals surface area contributed by atoms with Crippen LogP contribution in [-0.2, 0) is 10.0 Å². The van der Waals surface area contributed by atoms with Gasteiger partial charge in [0.25, 0.3) is 5.91 Å². The molecule has 2 aliphatic heterocycles. The summed E-state index contributed by atoms with van der Waals surface area (Å²) in [7, 11) is -3.45. The predicted molar refractivity (Wildman–Crippen MR) is 96.7 cm³/mol. The van der Waals surface area contributed by atoms with Gasteiger partial charge in [-0.15, -0.1) is 0 Å². The average molecular weight is 365 g/mol. The van der Waals surface area contributed by atoms with Crippen LogP contribution in [0.2, 0.25) is 0 Å². The first-order valence-corrected chi connectivity index (χ1v) is 10.4. The Bertz CT molecular complexity index is 726. The van der Waals surface area contributed by atoms with Crippen molar-refractivity contribution in [3.05, 3.63) is 29.8 Å². The van der Waals surface area contributed by atoms with Crippen LogP contribution in [0.15, 0.2) is 29.2 Å². The maximum Gasteiger partial charge on any atom is 0.253 e. The van der Waals surface area contributed by atoms with Gasteiger partial charge >= 0.3 is 0 Å². The standard InChI is InChI=1S/C18H27N3O3S/c1-18(13-19)9-12-20(14-18)17(22)15-5-7-16(8-6-15)25(23,24)21-10-3-2-4-11-21/h5-8H,2-4,9-14,19H2,1H3. The van der Waals surface area contributed by atoms with E-state index in [1.54, 1.807) is 33.5 Å². The number of likely N-dealkylation sites (tertiary alicyclic amines) is 1. The van der Waals surface area contributed by atoms with Crippen molar-refractivity contribution in [3.63, 3.8) is 0 Å². The second-order valence-corrected chi connectivity index (χ2v) is 9.42. The first-order valence-electron chi connectivity index (χ1n) is 8.95. The highest BCUT2D eigenvalue weighted by molar-refractivity contribution is 7.89. The fourth-order valence-corrected chi connectivity index (χ4v) is 5.09. The molecule has 0 radical (unpaired) electrons. The SMILES string of the molecule is CC1(CN)CCN(C(=O)c2ccc(S(=O)(=O)N3CCCCC3)cc2)C1. The van der Waals surface area contributed by atoms with E-state index >= 15 is 0 Å². The molecule has 1 amide bonds. The molecule has 0 saturated carbocycles. The Morgan fingerprint density at radius 2 is 1.76 bits per heavy atom. The van der Waals surface area contributed by atoms with Gasteiger partial charge in [-0.25, -0.2) is 8.42 Å². The molecular formula is C18H27N3O3S. The van der Waals surface area contributed by atoms with Crippen molar-refractivity contribution in [3.8, 4) is 0 Å². The quantitative estimate of drug-likeness (QED) is 0.880. The Morgan fingerprint density at radius 1 is 1.12 bits per heavy atom. The molecule has 2 N–H and O–H groups in total. The molecule has 3 rings (SSSR count). The molecule has 25 heavy (non-hydrogen) atoms. The number of nitrogens with zero attached hydrogens (tertiary/aromatic N) is 2. The van der Waals surface area contributed by atoms with Crippen molar-refractivity contribution in [2.75, 3.05) is 32.7 Å². The highest BCUT2D eigenvalue weighted by Crippen LogP contribution is 2.29. The van der Waals surface area contributed by atoms with Crippen molar-refractivity contribution in [2.45, 2.75) is 37.5 Å². The summed E-state index contributed by atoms with van der Waals surface area (Å²) in [6.07, 6.45) is 3.79. The number of hydrogen-bond acceptors (Lipinski definition) is 4. The van der Waals surface area contributed by atoms with E-state index in [1.165, 1.54) is 0 Å². The molecule has 2 aliphatic rings. The molecule has 0 aromatic heterocycles. The van der Waals surface area contributed by atoms with Crippen LogP contribution in [0, 0.1) is 5.41 Å². The fraction of sp³-hybridized carbons (Fsp3) is 0.611. The first kappa shape index (κ1) is 18.4. The van der Waals surface area contributed by atoms with Crippen molar-refractivity contribution < 1.29 is 13.2 Å². The summed E-state index contributed by atoms with van der Waals surface area (Å²) in [4.78, 5) is 14.7. The van der Waals surface area contributed by atoms with Crippen LogP contribution in [-0.4, -0.2) is 56.3 Å². The number of benzene rings is 1. The second kappa shape index (κ2) is 7.05. The predicted octanol–water partition coefficient (Wildman–Crippen LogP) is 1.67. The zero-order chi connectivity index (χ0) is 18.1. The van der Waals surface area contributed by atoms with Crippen molar-refractivity contribution in [1.82, 2.24) is 9.21 Å². The lowest BCUT2D eigenvalue weighted by molar-refractivity contribution is 0.0777. The second-order valence-electron chi connectivity index (χ2n) is 7.48. The van der Waals surface area contributed by atoms with Crippen LogP contribution in [0.25, 0.3) is 0 Å². The van der Waals surface area contributed by atoms with E-state index in [0.717, 1.165) is 25.7 Å². The molecule has 7 heteroatoms. The summed E-state index contributed by atoms with van der Waals surface area (Å²) in [6, 6.07) is 6.35. The molecule has 0 aliphatic carbocycles. The van der Waals surface area contributed by atoms with E-state index in [9.17, 15) is 13.2 Å². The van der Waals surface area contributed by atoms with Gasteiger partial charge in [-0.1, -0.05) is 13.3 Å². The summed E-state index contributed by atoms with van der Waals surface area (Å²) in [6.45, 7) is 5.15. The number of sulfonamides is 1. The molecule has 6 nitrogen and oxygen atoms in total. The Kier molecular flexibility index (Phi) is 5.18. The van der Waals surface area contributed by atoms with Gasteiger partial charge in [-0.05, 0) is 55.5 Å². The van der Waals surface area contributed by atoms with E-state index in [1.807, 2.05) is 0 Å². The third kappa shape index (κ3) is 3.73. The molecular weight excluding hydrogens is 338 g/mol. The molecule has 2 saturated heterocycles. The van der Waals surface area contributed by atoms with E-state index in [2.05, 4.69) is 6.92 Å². The molecule has 2 fully saturated rings. The molecule has 1 unspecified atom stereocenters. The van der Waals surface area contributed by atoms with Crippen LogP contribution >= 0.6 is 0 Å². The van der Waals surface area contributed by atoms with Crippen LogP contribution in [0.1, 0.15) is 43.0 Å². The molecule has 1 atom stereocenters. The lowest BCUT2D eigenvalue weighted by Gasteiger charge is -2.26. The van der Waals surface area contributed by atoms with Gasteiger partial charge < -0.3 is 10.6 Å². The van der Waals surface area contributed by atoms with Crippen LogP contribution < -0.4 is 5.73 Å². The average Bonchev–Trinajstić information content (AvgIpc) is 3.05. The third-order valence-electron chi connectivity index (χ3n) is 5.39. The van der Waals surface area contributed by atoms with Gasteiger partial charge in [-0.3, -0.25) is 4.79 Å².